The van der Waals surface area contributed by atoms with Gasteiger partial charge in [0.25, 0.3) is 0 Å². The summed E-state index contributed by atoms with van der Waals surface area (Å²) in [6.07, 6.45) is 0.247. The normalized spacial score (nSPS) is 11.9. The topological polar surface area (TPSA) is 98.4 Å². The molecule has 0 radical (unpaired) electrons. The molecule has 0 aliphatic heterocycles. The Morgan fingerprint density at radius 3 is 2.46 bits per heavy atom. The van der Waals surface area contributed by atoms with Gasteiger partial charge in [0.05, 0.1) is 12.1 Å². The molecule has 0 fully saturated rings. The highest BCUT2D eigenvalue weighted by Gasteiger charge is 2.13. The molecule has 0 bridgehead atoms. The third-order valence-corrected chi connectivity index (χ3v) is 5.05. The van der Waals surface area contributed by atoms with Crippen molar-refractivity contribution in [3.05, 3.63) is 83.4 Å². The number of carbonyl (C=O) groups excluding carboxylic acids is 1. The average molecular weight is 371 g/mol. The zero-order valence-electron chi connectivity index (χ0n) is 15.5. The van der Waals surface area contributed by atoms with Gasteiger partial charge in [0.1, 0.15) is 0 Å². The Labute approximate surface area is 162 Å². The number of fused-ring (bicyclic) bond motifs is 3. The zero-order valence-corrected chi connectivity index (χ0v) is 15.5. The van der Waals surface area contributed by atoms with E-state index >= 15 is 0 Å². The first-order valence-corrected chi connectivity index (χ1v) is 8.96. The van der Waals surface area contributed by atoms with E-state index in [9.17, 15) is 4.79 Å². The molecule has 0 spiro atoms. The number of amides is 1. The first kappa shape index (κ1) is 17.8. The standard InChI is InChI=1S/C22H21N5O/c1-27-19-10-8-16(22(26-24)15-5-3-2-4-6-15)13-18(19)17-9-7-14(11-20(17)27)12-21(28)25-23/h2-11,13H,12,23-24H2,1H3,(H,25,28)/b26-22+. The Balaban J connectivity index is 1.85. The van der Waals surface area contributed by atoms with E-state index in [1.807, 2.05) is 61.6 Å². The molecule has 4 aromatic rings. The average Bonchev–Trinajstić information content (AvgIpc) is 3.01. The lowest BCUT2D eigenvalue weighted by Crippen LogP contribution is -2.31. The van der Waals surface area contributed by atoms with Gasteiger partial charge in [-0.3, -0.25) is 10.2 Å². The molecule has 0 unspecified atom stereocenters. The minimum atomic E-state index is -0.216. The summed E-state index contributed by atoms with van der Waals surface area (Å²) in [5.41, 5.74) is 7.92. The fraction of sp³-hybridized carbons (Fsp3) is 0.0909. The highest BCUT2D eigenvalue weighted by atomic mass is 16.2. The summed E-state index contributed by atoms with van der Waals surface area (Å²) in [7, 11) is 2.02. The number of hydrogen-bond donors (Lipinski definition) is 3. The predicted octanol–water partition coefficient (Wildman–Crippen LogP) is 2.57. The van der Waals surface area contributed by atoms with Gasteiger partial charge in [-0.25, -0.2) is 5.84 Å². The first-order valence-electron chi connectivity index (χ1n) is 8.96. The largest absolute Gasteiger partial charge is 0.344 e. The molecule has 0 aliphatic carbocycles. The van der Waals surface area contributed by atoms with Crippen molar-refractivity contribution in [1.82, 2.24) is 9.99 Å². The van der Waals surface area contributed by atoms with Crippen molar-refractivity contribution in [2.24, 2.45) is 23.8 Å². The predicted molar refractivity (Wildman–Crippen MR) is 113 cm³/mol. The van der Waals surface area contributed by atoms with Gasteiger partial charge in [0.15, 0.2) is 0 Å². The van der Waals surface area contributed by atoms with E-state index in [1.54, 1.807) is 0 Å². The monoisotopic (exact) mass is 371 g/mol. The molecule has 6 heteroatoms. The lowest BCUT2D eigenvalue weighted by Gasteiger charge is -2.06. The van der Waals surface area contributed by atoms with Crippen molar-refractivity contribution in [2.75, 3.05) is 0 Å². The van der Waals surface area contributed by atoms with Crippen LogP contribution in [0.3, 0.4) is 0 Å². The van der Waals surface area contributed by atoms with Gasteiger partial charge >= 0.3 is 0 Å². The Hall–Kier alpha value is -3.64. The smallest absolute Gasteiger partial charge is 0.238 e. The molecule has 3 aromatic carbocycles. The number of nitrogens with zero attached hydrogens (tertiary/aromatic N) is 2. The van der Waals surface area contributed by atoms with Crippen molar-refractivity contribution >= 4 is 33.4 Å². The molecule has 0 aliphatic rings. The summed E-state index contributed by atoms with van der Waals surface area (Å²) in [5.74, 6) is 10.7. The van der Waals surface area contributed by atoms with Crippen molar-refractivity contribution < 1.29 is 4.79 Å². The quantitative estimate of drug-likeness (QED) is 0.222. The minimum Gasteiger partial charge on any atom is -0.344 e. The van der Waals surface area contributed by atoms with Crippen molar-refractivity contribution in [1.29, 1.82) is 0 Å². The molecule has 1 aromatic heterocycles. The number of nitrogens with two attached hydrogens (primary N) is 2. The van der Waals surface area contributed by atoms with E-state index in [4.69, 9.17) is 11.7 Å². The highest BCUT2D eigenvalue weighted by Crippen LogP contribution is 2.30. The van der Waals surface area contributed by atoms with E-state index in [0.29, 0.717) is 0 Å². The second-order valence-corrected chi connectivity index (χ2v) is 6.73. The minimum absolute atomic E-state index is 0.216. The van der Waals surface area contributed by atoms with Crippen LogP contribution in [-0.2, 0) is 18.3 Å². The van der Waals surface area contributed by atoms with Crippen LogP contribution in [0.25, 0.3) is 21.8 Å². The van der Waals surface area contributed by atoms with Gasteiger partial charge in [0.2, 0.25) is 5.91 Å². The van der Waals surface area contributed by atoms with Crippen molar-refractivity contribution in [3.8, 4) is 0 Å². The Kier molecular flexibility index (Phi) is 4.55. The second-order valence-electron chi connectivity index (χ2n) is 6.73. The molecule has 0 atom stereocenters. The van der Waals surface area contributed by atoms with E-state index in [0.717, 1.165) is 44.2 Å². The van der Waals surface area contributed by atoms with Crippen LogP contribution >= 0.6 is 0 Å². The molecule has 0 saturated carbocycles. The number of aryl methyl sites for hydroxylation is 1. The van der Waals surface area contributed by atoms with E-state index < -0.39 is 0 Å². The highest BCUT2D eigenvalue weighted by molar-refractivity contribution is 6.16. The second kappa shape index (κ2) is 7.17. The molecule has 6 nitrogen and oxygen atoms in total. The number of rotatable bonds is 4. The number of hydrazine groups is 1. The van der Waals surface area contributed by atoms with Gasteiger partial charge in [-0.15, -0.1) is 0 Å². The molecule has 28 heavy (non-hydrogen) atoms. The van der Waals surface area contributed by atoms with Crippen LogP contribution in [0.2, 0.25) is 0 Å². The lowest BCUT2D eigenvalue weighted by atomic mass is 10.00. The van der Waals surface area contributed by atoms with Crippen LogP contribution < -0.4 is 17.1 Å². The summed E-state index contributed by atoms with van der Waals surface area (Å²) in [5, 5.41) is 6.26. The third-order valence-electron chi connectivity index (χ3n) is 5.05. The summed E-state index contributed by atoms with van der Waals surface area (Å²) in [6.45, 7) is 0. The van der Waals surface area contributed by atoms with Gasteiger partial charge in [0, 0.05) is 40.0 Å². The molecule has 1 heterocycles. The molecular weight excluding hydrogens is 350 g/mol. The van der Waals surface area contributed by atoms with Gasteiger partial charge in [-0.2, -0.15) is 5.10 Å². The molecule has 0 saturated heterocycles. The Bertz CT molecular complexity index is 1210. The van der Waals surface area contributed by atoms with Gasteiger partial charge < -0.3 is 10.4 Å². The molecule has 140 valence electrons. The van der Waals surface area contributed by atoms with Crippen molar-refractivity contribution in [2.45, 2.75) is 6.42 Å². The Morgan fingerprint density at radius 2 is 1.75 bits per heavy atom. The van der Waals surface area contributed by atoms with E-state index in [2.05, 4.69) is 27.2 Å². The number of aromatic nitrogens is 1. The number of nitrogens with one attached hydrogen (secondary N) is 1. The lowest BCUT2D eigenvalue weighted by molar-refractivity contribution is -0.120. The Morgan fingerprint density at radius 1 is 0.964 bits per heavy atom. The third kappa shape index (κ3) is 3.00. The molecular formula is C22H21N5O. The fourth-order valence-corrected chi connectivity index (χ4v) is 3.66. The van der Waals surface area contributed by atoms with Gasteiger partial charge in [-0.05, 0) is 23.8 Å². The first-order chi connectivity index (χ1) is 13.6. The molecule has 5 N–H and O–H groups in total. The number of hydrogen-bond acceptors (Lipinski definition) is 4. The molecule has 1 amide bonds. The maximum absolute atomic E-state index is 11.6. The van der Waals surface area contributed by atoms with Crippen LogP contribution in [0, 0.1) is 0 Å². The number of hydrazone groups is 1. The van der Waals surface area contributed by atoms with Crippen LogP contribution in [-0.4, -0.2) is 16.2 Å². The summed E-state index contributed by atoms with van der Waals surface area (Å²) in [6, 6.07) is 22.1. The fourth-order valence-electron chi connectivity index (χ4n) is 3.66. The van der Waals surface area contributed by atoms with Crippen LogP contribution in [0.1, 0.15) is 16.7 Å². The van der Waals surface area contributed by atoms with Gasteiger partial charge in [-0.1, -0.05) is 48.5 Å². The van der Waals surface area contributed by atoms with Crippen molar-refractivity contribution in [3.63, 3.8) is 0 Å². The maximum atomic E-state index is 11.6. The summed E-state index contributed by atoms with van der Waals surface area (Å²) < 4.78 is 2.13. The summed E-state index contributed by atoms with van der Waals surface area (Å²) >= 11 is 0. The molecule has 4 rings (SSSR count). The van der Waals surface area contributed by atoms with Crippen LogP contribution in [0.15, 0.2) is 71.8 Å². The summed E-state index contributed by atoms with van der Waals surface area (Å²) in [4.78, 5) is 11.6. The van der Waals surface area contributed by atoms with E-state index in [1.165, 1.54) is 0 Å². The van der Waals surface area contributed by atoms with Crippen LogP contribution in [0.4, 0.5) is 0 Å². The zero-order chi connectivity index (χ0) is 19.7. The van der Waals surface area contributed by atoms with E-state index in [-0.39, 0.29) is 12.3 Å². The number of benzene rings is 3. The number of carbonyl (C=O) groups is 1. The van der Waals surface area contributed by atoms with Crippen LogP contribution in [0.5, 0.6) is 0 Å². The maximum Gasteiger partial charge on any atom is 0.238 e. The SMILES string of the molecule is Cn1c2ccc(/C(=N/N)c3ccccc3)cc2c2ccc(CC(=O)NN)cc21.